The number of benzene rings is 1. The minimum atomic E-state index is -0.339. The van der Waals surface area contributed by atoms with Crippen LogP contribution in [0, 0.1) is 0 Å². The van der Waals surface area contributed by atoms with Gasteiger partial charge < -0.3 is 5.11 Å². The standard InChI is InChI=1S/C14H22OS/c1-10(2)12-5-7-13(8-6-12)14(15)9-16-11(3)4/h5-8,10-11,14-15H,9H2,1-4H3. The fraction of sp³-hybridized carbons (Fsp3) is 0.571. The molecular formula is C14H22OS. The molecule has 1 nitrogen and oxygen atoms in total. The van der Waals surface area contributed by atoms with E-state index in [0.717, 1.165) is 11.3 Å². The topological polar surface area (TPSA) is 20.2 Å². The van der Waals surface area contributed by atoms with Crippen LogP contribution in [0.25, 0.3) is 0 Å². The molecule has 1 aromatic rings. The summed E-state index contributed by atoms with van der Waals surface area (Å²) in [6.07, 6.45) is -0.339. The van der Waals surface area contributed by atoms with Crippen LogP contribution in [0.2, 0.25) is 0 Å². The molecule has 1 N–H and O–H groups in total. The van der Waals surface area contributed by atoms with Crippen LogP contribution in [-0.4, -0.2) is 16.1 Å². The molecular weight excluding hydrogens is 216 g/mol. The molecule has 0 aliphatic carbocycles. The Labute approximate surface area is 103 Å². The van der Waals surface area contributed by atoms with Crippen molar-refractivity contribution in [2.45, 2.75) is 45.0 Å². The van der Waals surface area contributed by atoms with Crippen molar-refractivity contribution in [1.82, 2.24) is 0 Å². The molecule has 2 heteroatoms. The van der Waals surface area contributed by atoms with Crippen LogP contribution in [0.1, 0.15) is 50.8 Å². The molecule has 1 unspecified atom stereocenters. The highest BCUT2D eigenvalue weighted by molar-refractivity contribution is 7.99. The number of rotatable bonds is 5. The van der Waals surface area contributed by atoms with E-state index < -0.39 is 0 Å². The van der Waals surface area contributed by atoms with Gasteiger partial charge in [0, 0.05) is 5.75 Å². The zero-order chi connectivity index (χ0) is 12.1. The SMILES string of the molecule is CC(C)SCC(O)c1ccc(C(C)C)cc1. The molecule has 0 aliphatic heterocycles. The van der Waals surface area contributed by atoms with Gasteiger partial charge in [0.2, 0.25) is 0 Å². The maximum atomic E-state index is 9.98. The first-order chi connectivity index (χ1) is 7.50. The Kier molecular flexibility index (Phi) is 5.36. The Hall–Kier alpha value is -0.470. The van der Waals surface area contributed by atoms with Gasteiger partial charge in [0.25, 0.3) is 0 Å². The fourth-order valence-corrected chi connectivity index (χ4v) is 2.24. The van der Waals surface area contributed by atoms with Gasteiger partial charge in [-0.25, -0.2) is 0 Å². The molecule has 16 heavy (non-hydrogen) atoms. The highest BCUT2D eigenvalue weighted by atomic mass is 32.2. The van der Waals surface area contributed by atoms with Gasteiger partial charge in [0.1, 0.15) is 0 Å². The molecule has 0 fully saturated rings. The third-order valence-electron chi connectivity index (χ3n) is 2.58. The van der Waals surface area contributed by atoms with Crippen molar-refractivity contribution in [3.8, 4) is 0 Å². The average Bonchev–Trinajstić information content (AvgIpc) is 2.26. The van der Waals surface area contributed by atoms with Gasteiger partial charge in [-0.05, 0) is 22.3 Å². The van der Waals surface area contributed by atoms with Crippen molar-refractivity contribution in [2.24, 2.45) is 0 Å². The second-order valence-corrected chi connectivity index (χ2v) is 6.33. The number of hydrogen-bond acceptors (Lipinski definition) is 2. The Morgan fingerprint density at radius 2 is 1.50 bits per heavy atom. The third kappa shape index (κ3) is 4.18. The molecule has 0 radical (unpaired) electrons. The number of thioether (sulfide) groups is 1. The van der Waals surface area contributed by atoms with Gasteiger partial charge in [0.05, 0.1) is 6.10 Å². The molecule has 0 bridgehead atoms. The summed E-state index contributed by atoms with van der Waals surface area (Å²) < 4.78 is 0. The van der Waals surface area contributed by atoms with E-state index in [1.54, 1.807) is 11.8 Å². The molecule has 1 aromatic carbocycles. The summed E-state index contributed by atoms with van der Waals surface area (Å²) in [6, 6.07) is 8.31. The second-order valence-electron chi connectivity index (χ2n) is 4.72. The third-order valence-corrected chi connectivity index (χ3v) is 3.75. The molecule has 0 spiro atoms. The Balaban J connectivity index is 2.59. The Morgan fingerprint density at radius 1 is 1.00 bits per heavy atom. The quantitative estimate of drug-likeness (QED) is 0.837. The first kappa shape index (κ1) is 13.6. The van der Waals surface area contributed by atoms with Crippen molar-refractivity contribution < 1.29 is 5.11 Å². The zero-order valence-corrected chi connectivity index (χ0v) is 11.4. The molecule has 0 heterocycles. The molecule has 0 aliphatic rings. The van der Waals surface area contributed by atoms with Crippen molar-refractivity contribution in [1.29, 1.82) is 0 Å². The van der Waals surface area contributed by atoms with Gasteiger partial charge in [0.15, 0.2) is 0 Å². The highest BCUT2D eigenvalue weighted by Crippen LogP contribution is 2.23. The van der Waals surface area contributed by atoms with E-state index in [4.69, 9.17) is 0 Å². The predicted molar refractivity (Wildman–Crippen MR) is 73.1 cm³/mol. The van der Waals surface area contributed by atoms with Gasteiger partial charge >= 0.3 is 0 Å². The summed E-state index contributed by atoms with van der Waals surface area (Å²) in [5, 5.41) is 10.6. The van der Waals surface area contributed by atoms with Crippen LogP contribution in [0.5, 0.6) is 0 Å². The van der Waals surface area contributed by atoms with E-state index in [1.165, 1.54) is 5.56 Å². The molecule has 1 atom stereocenters. The van der Waals surface area contributed by atoms with E-state index in [9.17, 15) is 5.11 Å². The lowest BCUT2D eigenvalue weighted by Crippen LogP contribution is -2.03. The van der Waals surface area contributed by atoms with Crippen LogP contribution in [-0.2, 0) is 0 Å². The largest absolute Gasteiger partial charge is 0.388 e. The van der Waals surface area contributed by atoms with E-state index in [0.29, 0.717) is 11.2 Å². The van der Waals surface area contributed by atoms with Crippen LogP contribution in [0.15, 0.2) is 24.3 Å². The fourth-order valence-electron chi connectivity index (χ4n) is 1.48. The molecule has 1 rings (SSSR count). The van der Waals surface area contributed by atoms with Crippen molar-refractivity contribution in [3.63, 3.8) is 0 Å². The first-order valence-electron chi connectivity index (χ1n) is 5.90. The Morgan fingerprint density at radius 3 is 1.94 bits per heavy atom. The number of aliphatic hydroxyl groups excluding tert-OH is 1. The van der Waals surface area contributed by atoms with Crippen LogP contribution in [0.4, 0.5) is 0 Å². The molecule has 90 valence electrons. The molecule has 0 aromatic heterocycles. The van der Waals surface area contributed by atoms with Gasteiger partial charge in [-0.15, -0.1) is 0 Å². The summed E-state index contributed by atoms with van der Waals surface area (Å²) >= 11 is 1.79. The summed E-state index contributed by atoms with van der Waals surface area (Å²) in [4.78, 5) is 0. The summed E-state index contributed by atoms with van der Waals surface area (Å²) in [6.45, 7) is 8.67. The first-order valence-corrected chi connectivity index (χ1v) is 6.95. The van der Waals surface area contributed by atoms with Crippen LogP contribution >= 0.6 is 11.8 Å². The van der Waals surface area contributed by atoms with E-state index in [-0.39, 0.29) is 6.10 Å². The summed E-state index contributed by atoms with van der Waals surface area (Å²) in [7, 11) is 0. The smallest absolute Gasteiger partial charge is 0.0880 e. The normalized spacial score (nSPS) is 13.4. The minimum Gasteiger partial charge on any atom is -0.388 e. The van der Waals surface area contributed by atoms with Crippen molar-refractivity contribution in [2.75, 3.05) is 5.75 Å². The molecule has 0 amide bonds. The number of aliphatic hydroxyl groups is 1. The monoisotopic (exact) mass is 238 g/mol. The highest BCUT2D eigenvalue weighted by Gasteiger charge is 2.09. The van der Waals surface area contributed by atoms with Gasteiger partial charge in [-0.1, -0.05) is 52.0 Å². The molecule has 0 saturated carbocycles. The summed E-state index contributed by atoms with van der Waals surface area (Å²) in [5.41, 5.74) is 2.35. The van der Waals surface area contributed by atoms with E-state index in [2.05, 4.69) is 39.8 Å². The van der Waals surface area contributed by atoms with Gasteiger partial charge in [-0.2, -0.15) is 11.8 Å². The summed E-state index contributed by atoms with van der Waals surface area (Å²) in [5.74, 6) is 1.33. The van der Waals surface area contributed by atoms with Crippen LogP contribution < -0.4 is 0 Å². The number of hydrogen-bond donors (Lipinski definition) is 1. The lowest BCUT2D eigenvalue weighted by atomic mass is 10.0. The molecule has 0 saturated heterocycles. The Bertz CT molecular complexity index is 303. The van der Waals surface area contributed by atoms with Crippen molar-refractivity contribution in [3.05, 3.63) is 35.4 Å². The zero-order valence-electron chi connectivity index (χ0n) is 10.6. The van der Waals surface area contributed by atoms with E-state index in [1.807, 2.05) is 12.1 Å². The lowest BCUT2D eigenvalue weighted by Gasteiger charge is -2.13. The van der Waals surface area contributed by atoms with Gasteiger partial charge in [-0.3, -0.25) is 0 Å². The maximum absolute atomic E-state index is 9.98. The second kappa shape index (κ2) is 6.31. The van der Waals surface area contributed by atoms with Crippen molar-refractivity contribution >= 4 is 11.8 Å². The minimum absolute atomic E-state index is 0.339. The predicted octanol–water partition coefficient (Wildman–Crippen LogP) is 3.99. The lowest BCUT2D eigenvalue weighted by molar-refractivity contribution is 0.204. The maximum Gasteiger partial charge on any atom is 0.0880 e. The van der Waals surface area contributed by atoms with E-state index >= 15 is 0 Å². The van der Waals surface area contributed by atoms with Crippen LogP contribution in [0.3, 0.4) is 0 Å². The average molecular weight is 238 g/mol.